The monoisotopic (exact) mass is 304 g/mol. The summed E-state index contributed by atoms with van der Waals surface area (Å²) in [6.07, 6.45) is 0. The lowest BCUT2D eigenvalue weighted by atomic mass is 10.0. The molecule has 0 saturated carbocycles. The highest BCUT2D eigenvalue weighted by molar-refractivity contribution is 6.35. The average Bonchev–Trinajstić information content (AvgIpc) is 2.34. The minimum absolute atomic E-state index is 0.0117. The van der Waals surface area contributed by atoms with Crippen molar-refractivity contribution in [2.75, 3.05) is 0 Å². The molecule has 98 valence electrons. The minimum Gasteiger partial charge on any atom is -0.288 e. The van der Waals surface area contributed by atoms with E-state index >= 15 is 0 Å². The highest BCUT2D eigenvalue weighted by Gasteiger charge is 2.20. The number of hydrogen-bond acceptors (Lipinski definition) is 1. The summed E-state index contributed by atoms with van der Waals surface area (Å²) in [5, 5.41) is 0.359. The quantitative estimate of drug-likeness (QED) is 0.583. The molecule has 0 aliphatic heterocycles. The molecule has 19 heavy (non-hydrogen) atoms. The van der Waals surface area contributed by atoms with Crippen LogP contribution in [0.1, 0.15) is 15.9 Å². The Morgan fingerprint density at radius 3 is 2.05 bits per heavy atom. The highest BCUT2D eigenvalue weighted by Crippen LogP contribution is 2.23. The molecular formula is C13H5Cl2F3O. The first kappa shape index (κ1) is 13.9. The van der Waals surface area contributed by atoms with Crippen LogP contribution in [0.5, 0.6) is 0 Å². The van der Waals surface area contributed by atoms with Crippen LogP contribution >= 0.6 is 23.2 Å². The van der Waals surface area contributed by atoms with E-state index in [1.807, 2.05) is 0 Å². The summed E-state index contributed by atoms with van der Waals surface area (Å²) in [4.78, 5) is 12.0. The molecule has 0 radical (unpaired) electrons. The van der Waals surface area contributed by atoms with Gasteiger partial charge in [-0.25, -0.2) is 13.2 Å². The Hall–Kier alpha value is -1.52. The predicted molar refractivity (Wildman–Crippen MR) is 66.2 cm³/mol. The van der Waals surface area contributed by atoms with E-state index in [2.05, 4.69) is 0 Å². The molecule has 0 N–H and O–H groups in total. The molecule has 0 atom stereocenters. The first-order valence-corrected chi connectivity index (χ1v) is 5.80. The van der Waals surface area contributed by atoms with Crippen molar-refractivity contribution in [3.8, 4) is 0 Å². The first-order chi connectivity index (χ1) is 8.90. The standard InChI is InChI=1S/C13H5Cl2F3O/c14-7-3-6(4-8(15)5-7)13(19)9-1-2-10(16)12(18)11(9)17/h1-5H. The number of carbonyl (C=O) groups excluding carboxylic acids is 1. The molecule has 0 unspecified atom stereocenters. The van der Waals surface area contributed by atoms with Crippen molar-refractivity contribution in [2.45, 2.75) is 0 Å². The zero-order chi connectivity index (χ0) is 14.2. The van der Waals surface area contributed by atoms with Gasteiger partial charge in [0.1, 0.15) is 0 Å². The zero-order valence-corrected chi connectivity index (χ0v) is 10.7. The normalized spacial score (nSPS) is 10.6. The van der Waals surface area contributed by atoms with Crippen molar-refractivity contribution in [2.24, 2.45) is 0 Å². The van der Waals surface area contributed by atoms with Crippen LogP contribution in [0.15, 0.2) is 30.3 Å². The van der Waals surface area contributed by atoms with Crippen LogP contribution in [0.25, 0.3) is 0 Å². The second-order valence-corrected chi connectivity index (χ2v) is 4.58. The minimum atomic E-state index is -1.70. The highest BCUT2D eigenvalue weighted by atomic mass is 35.5. The van der Waals surface area contributed by atoms with Crippen molar-refractivity contribution in [1.82, 2.24) is 0 Å². The number of benzene rings is 2. The van der Waals surface area contributed by atoms with Crippen LogP contribution in [0, 0.1) is 17.5 Å². The van der Waals surface area contributed by atoms with E-state index in [9.17, 15) is 18.0 Å². The molecule has 2 aromatic carbocycles. The average molecular weight is 305 g/mol. The number of hydrogen-bond donors (Lipinski definition) is 0. The van der Waals surface area contributed by atoms with E-state index in [4.69, 9.17) is 23.2 Å². The van der Waals surface area contributed by atoms with Crippen LogP contribution in [0.2, 0.25) is 10.0 Å². The Morgan fingerprint density at radius 2 is 1.47 bits per heavy atom. The van der Waals surface area contributed by atoms with E-state index in [0.717, 1.165) is 6.07 Å². The Labute approximate surface area is 116 Å². The van der Waals surface area contributed by atoms with Crippen LogP contribution < -0.4 is 0 Å². The smallest absolute Gasteiger partial charge is 0.196 e. The zero-order valence-electron chi connectivity index (χ0n) is 9.18. The van der Waals surface area contributed by atoms with Gasteiger partial charge >= 0.3 is 0 Å². The molecule has 0 spiro atoms. The third kappa shape index (κ3) is 2.74. The molecule has 0 bridgehead atoms. The Morgan fingerprint density at radius 1 is 0.895 bits per heavy atom. The lowest BCUT2D eigenvalue weighted by Gasteiger charge is -2.05. The molecule has 0 aromatic heterocycles. The van der Waals surface area contributed by atoms with Crippen LogP contribution in [0.4, 0.5) is 13.2 Å². The van der Waals surface area contributed by atoms with Crippen molar-refractivity contribution >= 4 is 29.0 Å². The summed E-state index contributed by atoms with van der Waals surface area (Å²) < 4.78 is 39.4. The Kier molecular flexibility index (Phi) is 3.83. The van der Waals surface area contributed by atoms with Crippen molar-refractivity contribution in [3.63, 3.8) is 0 Å². The topological polar surface area (TPSA) is 17.1 Å². The molecule has 1 nitrogen and oxygen atoms in total. The van der Waals surface area contributed by atoms with Crippen molar-refractivity contribution in [1.29, 1.82) is 0 Å². The van der Waals surface area contributed by atoms with Gasteiger partial charge in [-0.2, -0.15) is 0 Å². The van der Waals surface area contributed by atoms with Gasteiger partial charge in [-0.15, -0.1) is 0 Å². The van der Waals surface area contributed by atoms with Gasteiger partial charge in [0, 0.05) is 15.6 Å². The van der Waals surface area contributed by atoms with Crippen LogP contribution in [-0.4, -0.2) is 5.78 Å². The van der Waals surface area contributed by atoms with Crippen LogP contribution in [-0.2, 0) is 0 Å². The fraction of sp³-hybridized carbons (Fsp3) is 0. The van der Waals surface area contributed by atoms with Crippen molar-refractivity contribution < 1.29 is 18.0 Å². The first-order valence-electron chi connectivity index (χ1n) is 5.04. The summed E-state index contributed by atoms with van der Waals surface area (Å²) in [6, 6.07) is 5.46. The fourth-order valence-corrected chi connectivity index (χ4v) is 2.07. The van der Waals surface area contributed by atoms with Crippen LogP contribution in [0.3, 0.4) is 0 Å². The fourth-order valence-electron chi connectivity index (χ4n) is 1.54. The number of rotatable bonds is 2. The Balaban J connectivity index is 2.53. The predicted octanol–water partition coefficient (Wildman–Crippen LogP) is 4.64. The summed E-state index contributed by atoms with van der Waals surface area (Å²) in [5.41, 5.74) is -0.598. The maximum absolute atomic E-state index is 13.5. The van der Waals surface area contributed by atoms with Gasteiger partial charge < -0.3 is 0 Å². The van der Waals surface area contributed by atoms with Gasteiger partial charge in [0.05, 0.1) is 5.56 Å². The Bertz CT molecular complexity index is 651. The molecule has 0 fully saturated rings. The third-order valence-corrected chi connectivity index (χ3v) is 2.84. The molecule has 0 amide bonds. The van der Waals surface area contributed by atoms with Gasteiger partial charge in [-0.05, 0) is 30.3 Å². The van der Waals surface area contributed by atoms with Gasteiger partial charge in [-0.1, -0.05) is 23.2 Å². The molecule has 2 rings (SSSR count). The third-order valence-electron chi connectivity index (χ3n) is 2.40. The number of carbonyl (C=O) groups is 1. The van der Waals surface area contributed by atoms with E-state index in [-0.39, 0.29) is 15.6 Å². The van der Waals surface area contributed by atoms with Gasteiger partial charge in [0.25, 0.3) is 0 Å². The maximum Gasteiger partial charge on any atom is 0.196 e. The maximum atomic E-state index is 13.5. The molecular weight excluding hydrogens is 300 g/mol. The number of ketones is 1. The molecule has 2 aromatic rings. The van der Waals surface area contributed by atoms with Crippen molar-refractivity contribution in [3.05, 3.63) is 69.0 Å². The SMILES string of the molecule is O=C(c1cc(Cl)cc(Cl)c1)c1ccc(F)c(F)c1F. The second-order valence-electron chi connectivity index (χ2n) is 3.71. The molecule has 0 saturated heterocycles. The largest absolute Gasteiger partial charge is 0.288 e. The lowest BCUT2D eigenvalue weighted by molar-refractivity contribution is 0.103. The second kappa shape index (κ2) is 5.23. The van der Waals surface area contributed by atoms with Gasteiger partial charge in [0.15, 0.2) is 23.2 Å². The number of halogens is 5. The van der Waals surface area contributed by atoms with E-state index in [0.29, 0.717) is 6.07 Å². The summed E-state index contributed by atoms with van der Waals surface area (Å²) in [7, 11) is 0. The van der Waals surface area contributed by atoms with E-state index in [1.54, 1.807) is 0 Å². The molecule has 6 heteroatoms. The molecule has 0 aliphatic carbocycles. The van der Waals surface area contributed by atoms with E-state index < -0.39 is 28.8 Å². The molecule has 0 heterocycles. The summed E-state index contributed by atoms with van der Waals surface area (Å²) in [6.45, 7) is 0. The molecule has 0 aliphatic rings. The van der Waals surface area contributed by atoms with E-state index in [1.165, 1.54) is 18.2 Å². The summed E-state index contributed by atoms with van der Waals surface area (Å²) in [5.74, 6) is -5.43. The van der Waals surface area contributed by atoms with Gasteiger partial charge in [-0.3, -0.25) is 4.79 Å². The van der Waals surface area contributed by atoms with Gasteiger partial charge in [0.2, 0.25) is 0 Å². The lowest BCUT2D eigenvalue weighted by Crippen LogP contribution is -2.07. The summed E-state index contributed by atoms with van der Waals surface area (Å²) >= 11 is 11.4.